The molecule has 10 rings (SSSR count). The Morgan fingerprint density at radius 3 is 2.27 bits per heavy atom. The molecule has 0 unspecified atom stereocenters. The summed E-state index contributed by atoms with van der Waals surface area (Å²) in [5.41, 5.74) is 4.65. The number of nitrogens with one attached hydrogen (secondary N) is 3. The van der Waals surface area contributed by atoms with E-state index < -0.39 is 52.9 Å². The number of sulfonamides is 1. The molecule has 0 saturated carbocycles. The number of pyridine rings is 1. The molecule has 1 amide bonds. The highest BCUT2D eigenvalue weighted by molar-refractivity contribution is 7.91. The first kappa shape index (κ1) is 50.0. The van der Waals surface area contributed by atoms with E-state index in [1.54, 1.807) is 43.5 Å². The van der Waals surface area contributed by atoms with Crippen LogP contribution in [0, 0.1) is 34.6 Å². The Morgan fingerprint density at radius 1 is 0.838 bits per heavy atom. The van der Waals surface area contributed by atoms with E-state index in [9.17, 15) is 36.1 Å². The van der Waals surface area contributed by atoms with Crippen LogP contribution in [0.1, 0.15) is 35.8 Å². The molecule has 0 bridgehead atoms. The minimum atomic E-state index is -4.66. The molecule has 7 aromatic rings. The summed E-state index contributed by atoms with van der Waals surface area (Å²) in [5.74, 6) is -1.47. The van der Waals surface area contributed by atoms with Crippen molar-refractivity contribution < 1.29 is 44.8 Å². The first-order valence-corrected chi connectivity index (χ1v) is 27.5. The number of amides is 1. The van der Waals surface area contributed by atoms with Crippen LogP contribution in [-0.4, -0.2) is 108 Å². The van der Waals surface area contributed by atoms with Crippen LogP contribution < -0.4 is 29.5 Å². The lowest BCUT2D eigenvalue weighted by molar-refractivity contribution is -0.384. The summed E-state index contributed by atoms with van der Waals surface area (Å²) in [6.07, 6.45) is 4.44. The van der Waals surface area contributed by atoms with E-state index in [0.29, 0.717) is 115 Å². The number of carbonyl (C=O) groups excluding carboxylic acids is 1. The molecule has 74 heavy (non-hydrogen) atoms. The van der Waals surface area contributed by atoms with Crippen molar-refractivity contribution >= 4 is 70.9 Å². The standard InChI is InChI=1S/C52H53F2N9O9S2/c1-4-61-32(2)49(73(3,67)68)47(48(61)34-5-7-37(53)8-6-34)36-25-38(54)28-40(26-36)60-19-17-59(18-20-60)39-9-11-42(44(29-39)62-21-24-72-52-46(62)27-35-13-16-55-50(35)57-52)51(64)58-74(69,70)41-10-12-43(45(30-41)63(65)66)56-31-33-14-22-71-23-15-33/h5-13,16,25-30,33,56H,4,14-15,17-24,31H2,1-3H3,(H,55,57)(H,58,64). The molecule has 3 N–H and O–H groups in total. The van der Waals surface area contributed by atoms with E-state index >= 15 is 4.39 Å². The molecule has 2 fully saturated rings. The lowest BCUT2D eigenvalue weighted by Gasteiger charge is -2.38. The predicted octanol–water partition coefficient (Wildman–Crippen LogP) is 8.43. The van der Waals surface area contributed by atoms with Crippen LogP contribution in [0.2, 0.25) is 0 Å². The average molecular weight is 1050 g/mol. The second-order valence-electron chi connectivity index (χ2n) is 18.6. The summed E-state index contributed by atoms with van der Waals surface area (Å²) in [4.78, 5) is 39.2. The van der Waals surface area contributed by atoms with Gasteiger partial charge in [-0.05, 0) is 129 Å². The zero-order valence-electron chi connectivity index (χ0n) is 40.7. The number of hydrogen-bond donors (Lipinski definition) is 3. The molecule has 3 aromatic heterocycles. The van der Waals surface area contributed by atoms with Crippen LogP contribution in [0.25, 0.3) is 33.4 Å². The number of benzene rings is 4. The average Bonchev–Trinajstić information content (AvgIpc) is 3.98. The van der Waals surface area contributed by atoms with Crippen molar-refractivity contribution in [3.63, 3.8) is 0 Å². The van der Waals surface area contributed by atoms with E-state index in [0.717, 1.165) is 30.6 Å². The van der Waals surface area contributed by atoms with Crippen LogP contribution in [0.5, 0.6) is 5.88 Å². The zero-order valence-corrected chi connectivity index (χ0v) is 42.4. The van der Waals surface area contributed by atoms with E-state index in [-0.39, 0.29) is 35.2 Å². The van der Waals surface area contributed by atoms with Gasteiger partial charge in [0.2, 0.25) is 5.88 Å². The molecular weight excluding hydrogens is 997 g/mol. The highest BCUT2D eigenvalue weighted by Crippen LogP contribution is 2.44. The van der Waals surface area contributed by atoms with Crippen molar-refractivity contribution in [3.05, 3.63) is 130 Å². The van der Waals surface area contributed by atoms with Gasteiger partial charge in [0.25, 0.3) is 21.6 Å². The number of carbonyl (C=O) groups is 1. The molecule has 22 heteroatoms. The van der Waals surface area contributed by atoms with Gasteiger partial charge >= 0.3 is 0 Å². The molecule has 3 aliphatic rings. The number of aromatic amines is 1. The Morgan fingerprint density at radius 2 is 1.57 bits per heavy atom. The molecule has 0 atom stereocenters. The fourth-order valence-electron chi connectivity index (χ4n) is 10.3. The summed E-state index contributed by atoms with van der Waals surface area (Å²) >= 11 is 0. The van der Waals surface area contributed by atoms with Gasteiger partial charge in [-0.1, -0.05) is 0 Å². The number of anilines is 5. The Kier molecular flexibility index (Phi) is 13.5. The van der Waals surface area contributed by atoms with Crippen LogP contribution in [-0.2, 0) is 31.1 Å². The molecular formula is C52H53F2N9O9S2. The summed E-state index contributed by atoms with van der Waals surface area (Å²) in [7, 11) is -8.50. The van der Waals surface area contributed by atoms with Crippen molar-refractivity contribution in [1.29, 1.82) is 0 Å². The van der Waals surface area contributed by atoms with Gasteiger partial charge in [0.05, 0.1) is 38.2 Å². The van der Waals surface area contributed by atoms with E-state index in [1.165, 1.54) is 42.5 Å². The van der Waals surface area contributed by atoms with Gasteiger partial charge in [-0.3, -0.25) is 14.9 Å². The third-order valence-electron chi connectivity index (χ3n) is 13.9. The molecule has 3 aliphatic heterocycles. The topological polar surface area (TPSA) is 214 Å². The van der Waals surface area contributed by atoms with E-state index in [2.05, 4.69) is 24.9 Å². The van der Waals surface area contributed by atoms with Crippen LogP contribution in [0.3, 0.4) is 0 Å². The first-order chi connectivity index (χ1) is 35.5. The normalized spacial score (nSPS) is 15.5. The molecule has 6 heterocycles. The first-order valence-electron chi connectivity index (χ1n) is 24.2. The second kappa shape index (κ2) is 20.0. The summed E-state index contributed by atoms with van der Waals surface area (Å²) < 4.78 is 100. The number of aromatic nitrogens is 3. The maximum atomic E-state index is 15.9. The Bertz CT molecular complexity index is 3560. The van der Waals surface area contributed by atoms with Crippen LogP contribution >= 0.6 is 0 Å². The summed E-state index contributed by atoms with van der Waals surface area (Å²) in [5, 5.41) is 16.1. The number of piperazine rings is 1. The number of nitro groups is 1. The maximum Gasteiger partial charge on any atom is 0.293 e. The number of halogens is 2. The zero-order chi connectivity index (χ0) is 52.1. The smallest absolute Gasteiger partial charge is 0.293 e. The monoisotopic (exact) mass is 1050 g/mol. The van der Waals surface area contributed by atoms with Crippen molar-refractivity contribution in [3.8, 4) is 28.3 Å². The van der Waals surface area contributed by atoms with Crippen molar-refractivity contribution in [2.24, 2.45) is 5.92 Å². The Labute approximate surface area is 426 Å². The molecule has 0 aliphatic carbocycles. The SMILES string of the molecule is CCn1c(C)c(S(C)(=O)=O)c(-c2cc(F)cc(N3CCN(c4ccc(C(=O)NS(=O)(=O)c5ccc(NCC6CCOCC6)c([N+](=O)[O-])c5)c(N5CCOc6nc7[nH]ccc7cc65)c4)CC3)c2)c1-c1ccc(F)cc1. The Hall–Kier alpha value is -7.56. The Balaban J connectivity index is 0.949. The number of fused-ring (bicyclic) bond motifs is 2. The number of nitro benzene ring substituents is 1. The van der Waals surface area contributed by atoms with Gasteiger partial charge in [0.15, 0.2) is 9.84 Å². The van der Waals surface area contributed by atoms with Crippen molar-refractivity contribution in [2.45, 2.75) is 43.0 Å². The molecule has 2 saturated heterocycles. The second-order valence-corrected chi connectivity index (χ2v) is 22.2. The predicted molar refractivity (Wildman–Crippen MR) is 278 cm³/mol. The van der Waals surface area contributed by atoms with E-state index in [4.69, 9.17) is 9.47 Å². The maximum absolute atomic E-state index is 15.9. The number of sulfone groups is 1. The number of H-pyrrole nitrogens is 1. The van der Waals surface area contributed by atoms with Gasteiger partial charge in [0, 0.05) is 99.0 Å². The minimum Gasteiger partial charge on any atom is -0.474 e. The quantitative estimate of drug-likeness (QED) is 0.0689. The van der Waals surface area contributed by atoms with Crippen LogP contribution in [0.15, 0.2) is 107 Å². The molecule has 0 spiro atoms. The molecule has 4 aromatic carbocycles. The van der Waals surface area contributed by atoms with E-state index in [1.807, 2.05) is 33.4 Å². The van der Waals surface area contributed by atoms with Gasteiger partial charge in [0.1, 0.15) is 35.3 Å². The fraction of sp³-hybridized carbons (Fsp3) is 0.308. The largest absolute Gasteiger partial charge is 0.474 e. The molecule has 18 nitrogen and oxygen atoms in total. The summed E-state index contributed by atoms with van der Waals surface area (Å²) in [6, 6.07) is 22.5. The third-order valence-corrected chi connectivity index (χ3v) is 16.5. The highest BCUT2D eigenvalue weighted by Gasteiger charge is 2.32. The third kappa shape index (κ3) is 9.83. The molecule has 386 valence electrons. The summed E-state index contributed by atoms with van der Waals surface area (Å²) in [6.45, 7) is 7.73. The van der Waals surface area contributed by atoms with Gasteiger partial charge in [-0.25, -0.2) is 30.3 Å². The fourth-order valence-corrected chi connectivity index (χ4v) is 12.5. The van der Waals surface area contributed by atoms with Gasteiger partial charge < -0.3 is 39.0 Å². The lowest BCUT2D eigenvalue weighted by Crippen LogP contribution is -2.46. The number of hydrogen-bond acceptors (Lipinski definition) is 14. The number of rotatable bonds is 14. The molecule has 0 radical (unpaired) electrons. The number of ether oxygens (including phenoxy) is 2. The van der Waals surface area contributed by atoms with Crippen molar-refractivity contribution in [1.82, 2.24) is 19.3 Å². The number of nitrogens with zero attached hydrogens (tertiary/aromatic N) is 6. The van der Waals surface area contributed by atoms with Gasteiger partial charge in [-0.15, -0.1) is 0 Å². The van der Waals surface area contributed by atoms with Crippen molar-refractivity contribution in [2.75, 3.05) is 85.4 Å². The van der Waals surface area contributed by atoms with Crippen LogP contribution in [0.4, 0.5) is 42.9 Å². The minimum absolute atomic E-state index is 0.00451. The highest BCUT2D eigenvalue weighted by atomic mass is 32.2. The van der Waals surface area contributed by atoms with Gasteiger partial charge in [-0.2, -0.15) is 4.98 Å². The lowest BCUT2D eigenvalue weighted by atomic mass is 10.00.